The number of halogens is 3. The van der Waals surface area contributed by atoms with Gasteiger partial charge in [0.2, 0.25) is 0 Å². The largest absolute Gasteiger partial charge is 0.233 e. The van der Waals surface area contributed by atoms with E-state index in [1.54, 1.807) is 0 Å². The first-order valence-electron chi connectivity index (χ1n) is 5.51. The predicted octanol–water partition coefficient (Wildman–Crippen LogP) is 5.19. The molecule has 0 atom stereocenters. The summed E-state index contributed by atoms with van der Waals surface area (Å²) in [6, 6.07) is 5.89. The lowest BCUT2D eigenvalue weighted by molar-refractivity contribution is 1.00. The van der Waals surface area contributed by atoms with Crippen molar-refractivity contribution in [1.29, 1.82) is 0 Å². The highest BCUT2D eigenvalue weighted by Crippen LogP contribution is 2.29. The van der Waals surface area contributed by atoms with Gasteiger partial charge in [-0.05, 0) is 63.4 Å². The van der Waals surface area contributed by atoms with Crippen LogP contribution < -0.4 is 0 Å². The molecule has 2 nitrogen and oxygen atoms in total. The summed E-state index contributed by atoms with van der Waals surface area (Å²) in [6.45, 7) is 4.01. The maximum atomic E-state index is 6.18. The zero-order valence-electron chi connectivity index (χ0n) is 9.97. The van der Waals surface area contributed by atoms with E-state index in [0.717, 1.165) is 32.2 Å². The summed E-state index contributed by atoms with van der Waals surface area (Å²) in [7, 11) is 0. The second kappa shape index (κ2) is 5.68. The Morgan fingerprint density at radius 2 is 1.89 bits per heavy atom. The molecule has 94 valence electrons. The van der Waals surface area contributed by atoms with Crippen molar-refractivity contribution < 1.29 is 0 Å². The molecule has 5 heteroatoms. The van der Waals surface area contributed by atoms with Crippen LogP contribution in [0.2, 0.25) is 5.15 Å². The number of nitrogens with zero attached hydrogens (tertiary/aromatic N) is 2. The van der Waals surface area contributed by atoms with Crippen molar-refractivity contribution in [2.45, 2.75) is 20.3 Å². The minimum Gasteiger partial charge on any atom is -0.233 e. The van der Waals surface area contributed by atoms with Crippen LogP contribution in [0.3, 0.4) is 0 Å². The Morgan fingerprint density at radius 1 is 1.17 bits per heavy atom. The Labute approximate surface area is 128 Å². The fourth-order valence-electron chi connectivity index (χ4n) is 1.73. The van der Waals surface area contributed by atoms with Crippen LogP contribution in [0.25, 0.3) is 11.4 Å². The topological polar surface area (TPSA) is 25.8 Å². The highest BCUT2D eigenvalue weighted by molar-refractivity contribution is 9.13. The molecule has 2 aromatic rings. The molecule has 0 bridgehead atoms. The highest BCUT2D eigenvalue weighted by Gasteiger charge is 2.10. The second-order valence-electron chi connectivity index (χ2n) is 3.88. The molecule has 0 aliphatic rings. The van der Waals surface area contributed by atoms with Crippen molar-refractivity contribution >= 4 is 43.5 Å². The molecule has 0 spiro atoms. The fraction of sp³-hybridized carbons (Fsp3) is 0.231. The Morgan fingerprint density at radius 3 is 2.44 bits per heavy atom. The number of aryl methyl sites for hydroxylation is 1. The van der Waals surface area contributed by atoms with Gasteiger partial charge in [-0.15, -0.1) is 0 Å². The van der Waals surface area contributed by atoms with Crippen LogP contribution in [0, 0.1) is 6.92 Å². The van der Waals surface area contributed by atoms with Crippen molar-refractivity contribution in [2.75, 3.05) is 0 Å². The first kappa shape index (κ1) is 14.0. The van der Waals surface area contributed by atoms with E-state index in [1.165, 1.54) is 0 Å². The minimum atomic E-state index is 0.541. The predicted molar refractivity (Wildman–Crippen MR) is 82.0 cm³/mol. The first-order valence-corrected chi connectivity index (χ1v) is 7.47. The van der Waals surface area contributed by atoms with E-state index in [9.17, 15) is 0 Å². The van der Waals surface area contributed by atoms with Gasteiger partial charge in [-0.2, -0.15) is 0 Å². The van der Waals surface area contributed by atoms with Crippen LogP contribution in [-0.2, 0) is 6.42 Å². The number of benzene rings is 1. The van der Waals surface area contributed by atoms with Gasteiger partial charge in [0.05, 0.1) is 0 Å². The average Bonchev–Trinajstić information content (AvgIpc) is 2.32. The number of aromatic nitrogens is 2. The van der Waals surface area contributed by atoms with E-state index >= 15 is 0 Å². The van der Waals surface area contributed by atoms with Crippen LogP contribution in [0.1, 0.15) is 18.2 Å². The molecular weight excluding hydrogens is 379 g/mol. The van der Waals surface area contributed by atoms with E-state index in [0.29, 0.717) is 11.0 Å². The van der Waals surface area contributed by atoms with Gasteiger partial charge in [0.15, 0.2) is 5.82 Å². The minimum absolute atomic E-state index is 0.541. The molecule has 1 aromatic carbocycles. The standard InChI is InChI=1S/C13H11Br2ClN2/c1-3-9-7(2)17-13(18-12(9)16)8-4-5-10(14)11(15)6-8/h4-6H,3H2,1-2H3. The van der Waals surface area contributed by atoms with Gasteiger partial charge in [-0.3, -0.25) is 0 Å². The average molecular weight is 391 g/mol. The van der Waals surface area contributed by atoms with Crippen LogP contribution in [0.5, 0.6) is 0 Å². The Kier molecular flexibility index (Phi) is 4.41. The third-order valence-corrected chi connectivity index (χ3v) is 4.89. The molecule has 0 radical (unpaired) electrons. The summed E-state index contributed by atoms with van der Waals surface area (Å²) in [5.74, 6) is 0.655. The summed E-state index contributed by atoms with van der Waals surface area (Å²) in [4.78, 5) is 8.88. The number of hydrogen-bond donors (Lipinski definition) is 0. The van der Waals surface area contributed by atoms with Crippen molar-refractivity contribution in [3.8, 4) is 11.4 Å². The lowest BCUT2D eigenvalue weighted by Crippen LogP contribution is -1.99. The van der Waals surface area contributed by atoms with E-state index in [1.807, 2.05) is 32.0 Å². The lowest BCUT2D eigenvalue weighted by Gasteiger charge is -2.08. The highest BCUT2D eigenvalue weighted by atomic mass is 79.9. The van der Waals surface area contributed by atoms with Gasteiger partial charge in [-0.1, -0.05) is 18.5 Å². The molecule has 0 aliphatic heterocycles. The zero-order chi connectivity index (χ0) is 13.3. The van der Waals surface area contributed by atoms with Crippen LogP contribution in [0.15, 0.2) is 27.1 Å². The van der Waals surface area contributed by atoms with Crippen molar-refractivity contribution in [3.63, 3.8) is 0 Å². The van der Waals surface area contributed by atoms with E-state index in [2.05, 4.69) is 41.8 Å². The van der Waals surface area contributed by atoms with Crippen molar-refractivity contribution in [3.05, 3.63) is 43.6 Å². The molecule has 0 amide bonds. The normalized spacial score (nSPS) is 10.7. The maximum Gasteiger partial charge on any atom is 0.161 e. The Hall–Kier alpha value is -0.450. The molecule has 0 saturated carbocycles. The van der Waals surface area contributed by atoms with Gasteiger partial charge in [0.25, 0.3) is 0 Å². The summed E-state index contributed by atoms with van der Waals surface area (Å²) in [5.41, 5.74) is 2.89. The monoisotopic (exact) mass is 388 g/mol. The number of hydrogen-bond acceptors (Lipinski definition) is 2. The van der Waals surface area contributed by atoms with Gasteiger partial charge in [0, 0.05) is 25.8 Å². The summed E-state index contributed by atoms with van der Waals surface area (Å²) >= 11 is 13.1. The maximum absolute atomic E-state index is 6.18. The van der Waals surface area contributed by atoms with Crippen molar-refractivity contribution in [1.82, 2.24) is 9.97 Å². The Balaban J connectivity index is 2.54. The van der Waals surface area contributed by atoms with E-state index < -0.39 is 0 Å². The zero-order valence-corrected chi connectivity index (χ0v) is 13.9. The molecule has 1 aromatic heterocycles. The molecule has 18 heavy (non-hydrogen) atoms. The molecule has 0 unspecified atom stereocenters. The SMILES string of the molecule is CCc1c(C)nc(-c2ccc(Br)c(Br)c2)nc1Cl. The van der Waals surface area contributed by atoms with Gasteiger partial charge in [0.1, 0.15) is 5.15 Å². The lowest BCUT2D eigenvalue weighted by atomic mass is 10.1. The van der Waals surface area contributed by atoms with Gasteiger partial charge in [-0.25, -0.2) is 9.97 Å². The van der Waals surface area contributed by atoms with E-state index in [-0.39, 0.29) is 0 Å². The molecule has 0 aliphatic carbocycles. The van der Waals surface area contributed by atoms with Crippen LogP contribution in [0.4, 0.5) is 0 Å². The molecule has 0 N–H and O–H groups in total. The number of rotatable bonds is 2. The van der Waals surface area contributed by atoms with Crippen molar-refractivity contribution in [2.24, 2.45) is 0 Å². The van der Waals surface area contributed by atoms with Gasteiger partial charge < -0.3 is 0 Å². The molecular formula is C13H11Br2ClN2. The molecule has 0 fully saturated rings. The quantitative estimate of drug-likeness (QED) is 0.659. The molecule has 1 heterocycles. The third kappa shape index (κ3) is 2.76. The summed E-state index contributed by atoms with van der Waals surface area (Å²) < 4.78 is 1.97. The second-order valence-corrected chi connectivity index (χ2v) is 5.95. The van der Waals surface area contributed by atoms with Crippen LogP contribution in [-0.4, -0.2) is 9.97 Å². The fourth-order valence-corrected chi connectivity index (χ4v) is 2.70. The summed E-state index contributed by atoms with van der Waals surface area (Å²) in [5, 5.41) is 0.541. The van der Waals surface area contributed by atoms with Gasteiger partial charge >= 0.3 is 0 Å². The Bertz CT molecular complexity index is 577. The summed E-state index contributed by atoms with van der Waals surface area (Å²) in [6.07, 6.45) is 0.842. The molecule has 0 saturated heterocycles. The smallest absolute Gasteiger partial charge is 0.161 e. The van der Waals surface area contributed by atoms with Crippen LogP contribution >= 0.6 is 43.5 Å². The first-order chi connectivity index (χ1) is 8.52. The van der Waals surface area contributed by atoms with E-state index in [4.69, 9.17) is 11.6 Å². The molecule has 2 rings (SSSR count). The third-order valence-electron chi connectivity index (χ3n) is 2.69.